The fourth-order valence-electron chi connectivity index (χ4n) is 2.49. The SMILES string of the molecule is Cc1oc(-c2ccccc2)nc1CCOc1ccc(CC(=O)Cl)cc1. The maximum Gasteiger partial charge on any atom is 0.226 e. The fraction of sp³-hybridized carbons (Fsp3) is 0.200. The molecular weight excluding hydrogens is 338 g/mol. The molecule has 0 saturated heterocycles. The highest BCUT2D eigenvalue weighted by molar-refractivity contribution is 6.63. The molecule has 0 aliphatic rings. The number of rotatable bonds is 7. The smallest absolute Gasteiger partial charge is 0.226 e. The molecule has 0 atom stereocenters. The van der Waals surface area contributed by atoms with Gasteiger partial charge >= 0.3 is 0 Å². The zero-order valence-corrected chi connectivity index (χ0v) is 14.6. The van der Waals surface area contributed by atoms with Crippen LogP contribution in [0.2, 0.25) is 0 Å². The second-order valence-electron chi connectivity index (χ2n) is 5.66. The number of aromatic nitrogens is 1. The van der Waals surface area contributed by atoms with E-state index in [1.807, 2.05) is 61.5 Å². The second kappa shape index (κ2) is 7.99. The maximum absolute atomic E-state index is 10.9. The van der Waals surface area contributed by atoms with Gasteiger partial charge in [0.2, 0.25) is 11.1 Å². The lowest BCUT2D eigenvalue weighted by Gasteiger charge is -2.06. The Bertz CT molecular complexity index is 841. The molecule has 3 aromatic rings. The van der Waals surface area contributed by atoms with E-state index >= 15 is 0 Å². The molecule has 3 rings (SSSR count). The molecule has 0 amide bonds. The topological polar surface area (TPSA) is 52.3 Å². The molecule has 0 fully saturated rings. The minimum Gasteiger partial charge on any atom is -0.493 e. The number of benzene rings is 2. The molecule has 0 N–H and O–H groups in total. The van der Waals surface area contributed by atoms with E-state index in [1.165, 1.54) is 0 Å². The van der Waals surface area contributed by atoms with Gasteiger partial charge in [-0.15, -0.1) is 0 Å². The Hall–Kier alpha value is -2.59. The zero-order valence-electron chi connectivity index (χ0n) is 13.9. The van der Waals surface area contributed by atoms with Crippen LogP contribution in [0, 0.1) is 6.92 Å². The van der Waals surface area contributed by atoms with E-state index in [1.54, 1.807) is 0 Å². The van der Waals surface area contributed by atoms with Crippen molar-refractivity contribution in [3.8, 4) is 17.2 Å². The third kappa shape index (κ3) is 4.70. The predicted molar refractivity (Wildman–Crippen MR) is 96.9 cm³/mol. The second-order valence-corrected chi connectivity index (χ2v) is 6.08. The highest BCUT2D eigenvalue weighted by Gasteiger charge is 2.11. The first-order valence-corrected chi connectivity index (χ1v) is 8.41. The molecule has 0 spiro atoms. The van der Waals surface area contributed by atoms with Gasteiger partial charge in [-0.2, -0.15) is 0 Å². The van der Waals surface area contributed by atoms with Gasteiger partial charge in [-0.05, 0) is 48.4 Å². The van der Waals surface area contributed by atoms with Crippen molar-refractivity contribution in [3.63, 3.8) is 0 Å². The number of ether oxygens (including phenoxy) is 1. The first-order valence-electron chi connectivity index (χ1n) is 8.03. The van der Waals surface area contributed by atoms with Gasteiger partial charge in [0.1, 0.15) is 11.5 Å². The maximum atomic E-state index is 10.9. The minimum absolute atomic E-state index is 0.224. The monoisotopic (exact) mass is 355 g/mol. The highest BCUT2D eigenvalue weighted by atomic mass is 35.5. The van der Waals surface area contributed by atoms with Gasteiger partial charge in [0.15, 0.2) is 0 Å². The van der Waals surface area contributed by atoms with Gasteiger partial charge < -0.3 is 9.15 Å². The largest absolute Gasteiger partial charge is 0.493 e. The standard InChI is InChI=1S/C20H18ClNO3/c1-14-18(22-20(25-14)16-5-3-2-4-6-16)11-12-24-17-9-7-15(8-10-17)13-19(21)23/h2-10H,11-13H2,1H3. The molecule has 0 saturated carbocycles. The van der Waals surface area contributed by atoms with E-state index < -0.39 is 0 Å². The summed E-state index contributed by atoms with van der Waals surface area (Å²) in [4.78, 5) is 15.4. The summed E-state index contributed by atoms with van der Waals surface area (Å²) in [6.07, 6.45) is 0.881. The number of oxazole rings is 1. The van der Waals surface area contributed by atoms with Gasteiger partial charge in [0.25, 0.3) is 0 Å². The normalized spacial score (nSPS) is 10.6. The molecule has 1 heterocycles. The molecule has 128 valence electrons. The summed E-state index contributed by atoms with van der Waals surface area (Å²) < 4.78 is 11.5. The number of carbonyl (C=O) groups excluding carboxylic acids is 1. The average molecular weight is 356 g/mol. The van der Waals surface area contributed by atoms with Crippen molar-refractivity contribution in [2.45, 2.75) is 19.8 Å². The third-order valence-electron chi connectivity index (χ3n) is 3.79. The molecule has 2 aromatic carbocycles. The summed E-state index contributed by atoms with van der Waals surface area (Å²) in [5, 5.41) is -0.371. The minimum atomic E-state index is -0.371. The molecule has 0 aliphatic heterocycles. The number of carbonyl (C=O) groups is 1. The van der Waals surface area contributed by atoms with Gasteiger partial charge in [-0.25, -0.2) is 4.98 Å². The van der Waals surface area contributed by atoms with E-state index in [0.717, 1.165) is 28.3 Å². The van der Waals surface area contributed by atoms with Crippen LogP contribution in [0.4, 0.5) is 0 Å². The van der Waals surface area contributed by atoms with Crippen LogP contribution in [0.3, 0.4) is 0 Å². The van der Waals surface area contributed by atoms with Gasteiger partial charge in [-0.3, -0.25) is 4.79 Å². The van der Waals surface area contributed by atoms with E-state index in [-0.39, 0.29) is 11.7 Å². The molecule has 0 bridgehead atoms. The van der Waals surface area contributed by atoms with Gasteiger partial charge in [0.05, 0.1) is 12.3 Å². The van der Waals surface area contributed by atoms with Crippen molar-refractivity contribution < 1.29 is 13.9 Å². The van der Waals surface area contributed by atoms with E-state index in [9.17, 15) is 4.79 Å². The first kappa shape index (κ1) is 17.2. The van der Waals surface area contributed by atoms with E-state index in [4.69, 9.17) is 20.8 Å². The zero-order chi connectivity index (χ0) is 17.6. The molecule has 0 unspecified atom stereocenters. The Morgan fingerprint density at radius 2 is 1.84 bits per heavy atom. The summed E-state index contributed by atoms with van der Waals surface area (Å²) in [5.74, 6) is 2.18. The van der Waals surface area contributed by atoms with Crippen molar-refractivity contribution in [3.05, 3.63) is 71.6 Å². The first-order chi connectivity index (χ1) is 12.1. The van der Waals surface area contributed by atoms with Crippen molar-refractivity contribution in [1.29, 1.82) is 0 Å². The van der Waals surface area contributed by atoms with Gasteiger partial charge in [0, 0.05) is 18.4 Å². The van der Waals surface area contributed by atoms with Crippen molar-refractivity contribution in [1.82, 2.24) is 4.98 Å². The number of halogens is 1. The highest BCUT2D eigenvalue weighted by Crippen LogP contribution is 2.22. The summed E-state index contributed by atoms with van der Waals surface area (Å²) in [6, 6.07) is 17.2. The van der Waals surface area contributed by atoms with Crippen LogP contribution in [0.25, 0.3) is 11.5 Å². The molecule has 1 aromatic heterocycles. The molecule has 5 heteroatoms. The summed E-state index contributed by atoms with van der Waals surface area (Å²) >= 11 is 5.38. The lowest BCUT2D eigenvalue weighted by atomic mass is 10.1. The molecule has 0 radical (unpaired) electrons. The van der Waals surface area contributed by atoms with Crippen LogP contribution in [-0.2, 0) is 17.6 Å². The van der Waals surface area contributed by atoms with Crippen LogP contribution in [0.1, 0.15) is 17.0 Å². The third-order valence-corrected chi connectivity index (χ3v) is 3.92. The summed E-state index contributed by atoms with van der Waals surface area (Å²) in [7, 11) is 0. The Labute approximate surface area is 151 Å². The Kier molecular flexibility index (Phi) is 5.51. The van der Waals surface area contributed by atoms with Crippen LogP contribution in [-0.4, -0.2) is 16.8 Å². The summed E-state index contributed by atoms with van der Waals surface area (Å²) in [5.41, 5.74) is 2.72. The molecule has 4 nitrogen and oxygen atoms in total. The van der Waals surface area contributed by atoms with E-state index in [0.29, 0.717) is 18.9 Å². The van der Waals surface area contributed by atoms with Crippen LogP contribution < -0.4 is 4.74 Å². The Morgan fingerprint density at radius 1 is 1.12 bits per heavy atom. The van der Waals surface area contributed by atoms with Crippen molar-refractivity contribution in [2.24, 2.45) is 0 Å². The molecule has 25 heavy (non-hydrogen) atoms. The fourth-order valence-corrected chi connectivity index (χ4v) is 2.65. The van der Waals surface area contributed by atoms with Crippen LogP contribution in [0.5, 0.6) is 5.75 Å². The van der Waals surface area contributed by atoms with Crippen LogP contribution in [0.15, 0.2) is 59.0 Å². The van der Waals surface area contributed by atoms with Crippen molar-refractivity contribution in [2.75, 3.05) is 6.61 Å². The van der Waals surface area contributed by atoms with Crippen LogP contribution >= 0.6 is 11.6 Å². The lowest BCUT2D eigenvalue weighted by Crippen LogP contribution is -2.03. The average Bonchev–Trinajstić information content (AvgIpc) is 2.98. The van der Waals surface area contributed by atoms with Gasteiger partial charge in [-0.1, -0.05) is 30.3 Å². The lowest BCUT2D eigenvalue weighted by molar-refractivity contribution is -0.111. The predicted octanol–water partition coefficient (Wildman–Crippen LogP) is 4.58. The Balaban J connectivity index is 1.57. The number of aryl methyl sites for hydroxylation is 1. The molecule has 0 aliphatic carbocycles. The van der Waals surface area contributed by atoms with E-state index in [2.05, 4.69) is 4.98 Å². The summed E-state index contributed by atoms with van der Waals surface area (Å²) in [6.45, 7) is 2.40. The number of hydrogen-bond acceptors (Lipinski definition) is 4. The quantitative estimate of drug-likeness (QED) is 0.582. The number of nitrogens with zero attached hydrogens (tertiary/aromatic N) is 1. The Morgan fingerprint density at radius 3 is 2.52 bits per heavy atom. The van der Waals surface area contributed by atoms with Crippen molar-refractivity contribution >= 4 is 16.8 Å². The number of hydrogen-bond donors (Lipinski definition) is 0. The molecular formula is C20H18ClNO3.